The van der Waals surface area contributed by atoms with Gasteiger partial charge in [0.1, 0.15) is 0 Å². The van der Waals surface area contributed by atoms with Crippen molar-refractivity contribution in [2.24, 2.45) is 0 Å². The third-order valence-electron chi connectivity index (χ3n) is 4.02. The van der Waals surface area contributed by atoms with Crippen LogP contribution in [0.5, 0.6) is 11.5 Å². The zero-order valence-electron chi connectivity index (χ0n) is 14.4. The van der Waals surface area contributed by atoms with Crippen molar-refractivity contribution in [2.45, 2.75) is 19.2 Å². The average Bonchev–Trinajstić information content (AvgIpc) is 3.06. The molecule has 6 heteroatoms. The smallest absolute Gasteiger partial charge is 0.254 e. The van der Waals surface area contributed by atoms with Crippen molar-refractivity contribution in [3.63, 3.8) is 0 Å². The molecule has 25 heavy (non-hydrogen) atoms. The van der Waals surface area contributed by atoms with E-state index >= 15 is 0 Å². The SMILES string of the molecule is CCN(Cc1ccc2c(c1)OCO2)C(=O)c1cccc(CS(C)=O)c1. The Morgan fingerprint density at radius 2 is 1.92 bits per heavy atom. The van der Waals surface area contributed by atoms with E-state index in [1.165, 1.54) is 0 Å². The predicted octanol–water partition coefficient (Wildman–Crippen LogP) is 2.96. The Kier molecular flexibility index (Phi) is 5.38. The summed E-state index contributed by atoms with van der Waals surface area (Å²) in [6.45, 7) is 3.28. The van der Waals surface area contributed by atoms with E-state index in [4.69, 9.17) is 9.47 Å². The fourth-order valence-electron chi connectivity index (χ4n) is 2.80. The van der Waals surface area contributed by atoms with E-state index in [-0.39, 0.29) is 12.7 Å². The van der Waals surface area contributed by atoms with Gasteiger partial charge in [0.15, 0.2) is 11.5 Å². The Hall–Kier alpha value is -2.34. The summed E-state index contributed by atoms with van der Waals surface area (Å²) < 4.78 is 22.1. The molecule has 1 aliphatic heterocycles. The van der Waals surface area contributed by atoms with E-state index in [0.29, 0.717) is 30.2 Å². The monoisotopic (exact) mass is 359 g/mol. The highest BCUT2D eigenvalue weighted by Crippen LogP contribution is 2.32. The van der Waals surface area contributed by atoms with Crippen LogP contribution < -0.4 is 9.47 Å². The van der Waals surface area contributed by atoms with Crippen molar-refractivity contribution >= 4 is 16.7 Å². The minimum absolute atomic E-state index is 0.0381. The first-order chi connectivity index (χ1) is 12.1. The van der Waals surface area contributed by atoms with Crippen molar-refractivity contribution in [1.29, 1.82) is 0 Å². The summed E-state index contributed by atoms with van der Waals surface area (Å²) in [5.41, 5.74) is 2.52. The Labute approximate surface area is 150 Å². The minimum atomic E-state index is -0.933. The minimum Gasteiger partial charge on any atom is -0.454 e. The molecule has 3 rings (SSSR count). The molecule has 2 aromatic rings. The molecule has 0 aromatic heterocycles. The molecular weight excluding hydrogens is 338 g/mol. The lowest BCUT2D eigenvalue weighted by Crippen LogP contribution is -2.30. The van der Waals surface area contributed by atoms with Crippen LogP contribution in [0.15, 0.2) is 42.5 Å². The molecule has 0 saturated carbocycles. The Morgan fingerprint density at radius 3 is 2.68 bits per heavy atom. The molecule has 0 spiro atoms. The molecule has 1 unspecified atom stereocenters. The summed E-state index contributed by atoms with van der Waals surface area (Å²) in [5.74, 6) is 1.87. The van der Waals surface area contributed by atoms with Gasteiger partial charge >= 0.3 is 0 Å². The highest BCUT2D eigenvalue weighted by Gasteiger charge is 2.18. The number of ether oxygens (including phenoxy) is 2. The van der Waals surface area contributed by atoms with Gasteiger partial charge in [-0.25, -0.2) is 0 Å². The van der Waals surface area contributed by atoms with E-state index < -0.39 is 10.8 Å². The van der Waals surface area contributed by atoms with Crippen LogP contribution in [0.25, 0.3) is 0 Å². The van der Waals surface area contributed by atoms with E-state index in [9.17, 15) is 9.00 Å². The number of rotatable bonds is 6. The van der Waals surface area contributed by atoms with Crippen molar-refractivity contribution in [3.8, 4) is 11.5 Å². The predicted molar refractivity (Wildman–Crippen MR) is 97.2 cm³/mol. The maximum absolute atomic E-state index is 12.8. The molecule has 1 amide bonds. The first-order valence-electron chi connectivity index (χ1n) is 8.13. The van der Waals surface area contributed by atoms with Crippen LogP contribution in [0.2, 0.25) is 0 Å². The maximum Gasteiger partial charge on any atom is 0.254 e. The van der Waals surface area contributed by atoms with Crippen LogP contribution in [0.3, 0.4) is 0 Å². The summed E-state index contributed by atoms with van der Waals surface area (Å²) in [5, 5.41) is 0. The molecule has 2 aromatic carbocycles. The fraction of sp³-hybridized carbons (Fsp3) is 0.316. The summed E-state index contributed by atoms with van der Waals surface area (Å²) in [7, 11) is -0.933. The number of amides is 1. The zero-order chi connectivity index (χ0) is 17.8. The first-order valence-corrected chi connectivity index (χ1v) is 9.86. The second-order valence-corrected chi connectivity index (χ2v) is 7.36. The first kappa shape index (κ1) is 17.5. The number of fused-ring (bicyclic) bond motifs is 1. The summed E-state index contributed by atoms with van der Waals surface area (Å²) in [6.07, 6.45) is 1.66. The fourth-order valence-corrected chi connectivity index (χ4v) is 3.45. The van der Waals surface area contributed by atoms with E-state index in [0.717, 1.165) is 16.9 Å². The van der Waals surface area contributed by atoms with Gasteiger partial charge in [0.05, 0.1) is 0 Å². The van der Waals surface area contributed by atoms with E-state index in [2.05, 4.69) is 0 Å². The van der Waals surface area contributed by atoms with Crippen LogP contribution in [0.1, 0.15) is 28.4 Å². The van der Waals surface area contributed by atoms with Gasteiger partial charge in [-0.05, 0) is 42.3 Å². The number of hydrogen-bond donors (Lipinski definition) is 0. The van der Waals surface area contributed by atoms with Gasteiger partial charge < -0.3 is 14.4 Å². The van der Waals surface area contributed by atoms with Crippen molar-refractivity contribution in [2.75, 3.05) is 19.6 Å². The van der Waals surface area contributed by atoms with Crippen LogP contribution in [-0.2, 0) is 23.1 Å². The van der Waals surface area contributed by atoms with Gasteiger partial charge in [0.25, 0.3) is 5.91 Å². The van der Waals surface area contributed by atoms with Gasteiger partial charge in [-0.3, -0.25) is 9.00 Å². The maximum atomic E-state index is 12.8. The standard InChI is InChI=1S/C19H21NO4S/c1-3-20(11-14-7-8-17-18(10-14)24-13-23-17)19(21)16-6-4-5-15(9-16)12-25(2)22/h4-10H,3,11-13H2,1-2H3. The summed E-state index contributed by atoms with van der Waals surface area (Å²) in [6, 6.07) is 13.1. The third-order valence-corrected chi connectivity index (χ3v) is 4.76. The number of carbonyl (C=O) groups is 1. The molecule has 132 valence electrons. The number of carbonyl (C=O) groups excluding carboxylic acids is 1. The molecule has 1 aliphatic rings. The molecule has 0 radical (unpaired) electrons. The van der Waals surface area contributed by atoms with Crippen LogP contribution in [-0.4, -0.2) is 34.6 Å². The Balaban J connectivity index is 1.76. The van der Waals surface area contributed by atoms with Crippen LogP contribution in [0.4, 0.5) is 0 Å². The van der Waals surface area contributed by atoms with Gasteiger partial charge in [-0.2, -0.15) is 0 Å². The van der Waals surface area contributed by atoms with E-state index in [1.54, 1.807) is 17.2 Å². The second kappa shape index (κ2) is 7.70. The third kappa shape index (κ3) is 4.20. The molecular formula is C19H21NO4S. The van der Waals surface area contributed by atoms with Gasteiger partial charge in [-0.1, -0.05) is 18.2 Å². The molecule has 0 aliphatic carbocycles. The highest BCUT2D eigenvalue weighted by atomic mass is 32.2. The topological polar surface area (TPSA) is 55.8 Å². The van der Waals surface area contributed by atoms with Gasteiger partial charge in [0.2, 0.25) is 6.79 Å². The zero-order valence-corrected chi connectivity index (χ0v) is 15.2. The number of nitrogens with zero attached hydrogens (tertiary/aromatic N) is 1. The van der Waals surface area contributed by atoms with Crippen molar-refractivity contribution in [1.82, 2.24) is 4.90 Å². The molecule has 5 nitrogen and oxygen atoms in total. The average molecular weight is 359 g/mol. The van der Waals surface area contributed by atoms with Crippen LogP contribution in [0, 0.1) is 0 Å². The molecule has 0 fully saturated rings. The van der Waals surface area contributed by atoms with Crippen molar-refractivity contribution in [3.05, 3.63) is 59.2 Å². The normalized spacial score (nSPS) is 13.5. The Bertz CT molecular complexity index is 806. The molecule has 0 N–H and O–H groups in total. The molecule has 1 atom stereocenters. The molecule has 1 heterocycles. The lowest BCUT2D eigenvalue weighted by molar-refractivity contribution is 0.0752. The molecule has 0 bridgehead atoms. The van der Waals surface area contributed by atoms with Crippen LogP contribution >= 0.6 is 0 Å². The highest BCUT2D eigenvalue weighted by molar-refractivity contribution is 7.83. The number of hydrogen-bond acceptors (Lipinski definition) is 4. The van der Waals surface area contributed by atoms with Gasteiger partial charge in [0, 0.05) is 41.5 Å². The van der Waals surface area contributed by atoms with E-state index in [1.807, 2.05) is 43.3 Å². The lowest BCUT2D eigenvalue weighted by atomic mass is 10.1. The quantitative estimate of drug-likeness (QED) is 0.796. The lowest BCUT2D eigenvalue weighted by Gasteiger charge is -2.21. The Morgan fingerprint density at radius 1 is 1.12 bits per heavy atom. The molecule has 0 saturated heterocycles. The summed E-state index contributed by atoms with van der Waals surface area (Å²) >= 11 is 0. The second-order valence-electron chi connectivity index (χ2n) is 5.92. The van der Waals surface area contributed by atoms with Crippen molar-refractivity contribution < 1.29 is 18.5 Å². The number of benzene rings is 2. The van der Waals surface area contributed by atoms with Gasteiger partial charge in [-0.15, -0.1) is 0 Å². The summed E-state index contributed by atoms with van der Waals surface area (Å²) in [4.78, 5) is 14.6. The largest absolute Gasteiger partial charge is 0.454 e.